The Morgan fingerprint density at radius 3 is 2.56 bits per heavy atom. The summed E-state index contributed by atoms with van der Waals surface area (Å²) in [6, 6.07) is 7.19. The summed E-state index contributed by atoms with van der Waals surface area (Å²) >= 11 is 0. The Labute approximate surface area is 97.2 Å². The fourth-order valence-corrected chi connectivity index (χ4v) is 1.45. The summed E-state index contributed by atoms with van der Waals surface area (Å²) in [4.78, 5) is 13.8. The van der Waals surface area contributed by atoms with Gasteiger partial charge in [0.2, 0.25) is 0 Å². The third-order valence-corrected chi connectivity index (χ3v) is 2.58. The van der Waals surface area contributed by atoms with E-state index in [1.54, 1.807) is 17.0 Å². The van der Waals surface area contributed by atoms with Crippen molar-refractivity contribution in [3.63, 3.8) is 0 Å². The van der Waals surface area contributed by atoms with Crippen LogP contribution in [0.3, 0.4) is 0 Å². The molecule has 0 heterocycles. The lowest BCUT2D eigenvalue weighted by molar-refractivity contribution is 0.0790. The highest BCUT2D eigenvalue weighted by Crippen LogP contribution is 2.13. The average Bonchev–Trinajstić information content (AvgIpc) is 2.25. The molecule has 0 aliphatic carbocycles. The summed E-state index contributed by atoms with van der Waals surface area (Å²) in [5.41, 5.74) is 6.90. The van der Waals surface area contributed by atoms with Gasteiger partial charge in [0.25, 0.3) is 5.91 Å². The maximum Gasteiger partial charge on any atom is 0.255 e. The first-order chi connectivity index (χ1) is 7.52. The molecule has 1 rings (SSSR count). The van der Waals surface area contributed by atoms with Crippen molar-refractivity contribution in [1.29, 1.82) is 0 Å². The van der Waals surface area contributed by atoms with E-state index in [0.717, 1.165) is 13.0 Å². The van der Waals surface area contributed by atoms with Crippen molar-refractivity contribution in [1.82, 2.24) is 4.90 Å². The molecule has 1 aromatic carbocycles. The molecule has 1 aromatic rings. The van der Waals surface area contributed by atoms with Crippen LogP contribution in [-0.2, 0) is 0 Å². The van der Waals surface area contributed by atoms with Crippen molar-refractivity contribution in [2.75, 3.05) is 19.3 Å². The van der Waals surface area contributed by atoms with E-state index in [2.05, 4.69) is 13.8 Å². The smallest absolute Gasteiger partial charge is 0.255 e. The van der Waals surface area contributed by atoms with E-state index in [4.69, 9.17) is 5.73 Å². The van der Waals surface area contributed by atoms with Crippen molar-refractivity contribution in [3.8, 4) is 0 Å². The molecule has 0 radical (unpaired) electrons. The number of carbonyl (C=O) groups excluding carboxylic acids is 1. The van der Waals surface area contributed by atoms with Crippen LogP contribution in [0.5, 0.6) is 0 Å². The normalized spacial score (nSPS) is 10.5. The molecule has 3 heteroatoms. The van der Waals surface area contributed by atoms with E-state index in [0.29, 0.717) is 17.2 Å². The number of hydrogen-bond donors (Lipinski definition) is 1. The first-order valence-electron chi connectivity index (χ1n) is 5.62. The molecule has 88 valence electrons. The predicted octanol–water partition coefficient (Wildman–Crippen LogP) is 2.39. The van der Waals surface area contributed by atoms with Crippen LogP contribution in [-0.4, -0.2) is 24.4 Å². The number of benzene rings is 1. The first-order valence-corrected chi connectivity index (χ1v) is 5.62. The number of hydrogen-bond acceptors (Lipinski definition) is 2. The molecule has 0 saturated carbocycles. The number of nitrogens with zero attached hydrogens (tertiary/aromatic N) is 1. The second-order valence-corrected chi connectivity index (χ2v) is 4.50. The second kappa shape index (κ2) is 5.54. The third kappa shape index (κ3) is 3.26. The van der Waals surface area contributed by atoms with Crippen LogP contribution in [0, 0.1) is 5.92 Å². The van der Waals surface area contributed by atoms with Gasteiger partial charge in [-0.3, -0.25) is 4.79 Å². The van der Waals surface area contributed by atoms with Crippen LogP contribution in [0.15, 0.2) is 24.3 Å². The molecule has 0 unspecified atom stereocenters. The van der Waals surface area contributed by atoms with Crippen LogP contribution < -0.4 is 5.73 Å². The Bertz CT molecular complexity index is 361. The molecule has 0 aliphatic rings. The highest BCUT2D eigenvalue weighted by atomic mass is 16.2. The highest BCUT2D eigenvalue weighted by molar-refractivity contribution is 5.98. The van der Waals surface area contributed by atoms with E-state index in [1.807, 2.05) is 19.2 Å². The molecule has 0 atom stereocenters. The number of nitrogen functional groups attached to an aromatic ring is 1. The molecular weight excluding hydrogens is 200 g/mol. The summed E-state index contributed by atoms with van der Waals surface area (Å²) < 4.78 is 0. The van der Waals surface area contributed by atoms with Gasteiger partial charge in [0, 0.05) is 19.3 Å². The minimum atomic E-state index is -0.00116. The summed E-state index contributed by atoms with van der Waals surface area (Å²) in [7, 11) is 1.82. The summed E-state index contributed by atoms with van der Waals surface area (Å²) in [5.74, 6) is 0.599. The van der Waals surface area contributed by atoms with Gasteiger partial charge in [-0.25, -0.2) is 0 Å². The van der Waals surface area contributed by atoms with Gasteiger partial charge in [0.15, 0.2) is 0 Å². The van der Waals surface area contributed by atoms with Crippen LogP contribution in [0.25, 0.3) is 0 Å². The standard InChI is InChI=1S/C13H20N2O/c1-10(2)8-9-15(3)13(16)11-6-4-5-7-12(11)14/h4-7,10H,8-9,14H2,1-3H3. The van der Waals surface area contributed by atoms with Gasteiger partial charge in [-0.05, 0) is 24.5 Å². The van der Waals surface area contributed by atoms with Gasteiger partial charge in [-0.1, -0.05) is 26.0 Å². The first kappa shape index (κ1) is 12.6. The summed E-state index contributed by atoms with van der Waals surface area (Å²) in [6.45, 7) is 5.06. The SMILES string of the molecule is CC(C)CCN(C)C(=O)c1ccccc1N. The minimum absolute atomic E-state index is 0.00116. The lowest BCUT2D eigenvalue weighted by atomic mass is 10.1. The average molecular weight is 220 g/mol. The van der Waals surface area contributed by atoms with Gasteiger partial charge in [-0.2, -0.15) is 0 Å². The quantitative estimate of drug-likeness (QED) is 0.792. The molecule has 2 N–H and O–H groups in total. The lowest BCUT2D eigenvalue weighted by Crippen LogP contribution is -2.29. The Kier molecular flexibility index (Phi) is 4.35. The second-order valence-electron chi connectivity index (χ2n) is 4.50. The third-order valence-electron chi connectivity index (χ3n) is 2.58. The largest absolute Gasteiger partial charge is 0.398 e. The van der Waals surface area contributed by atoms with E-state index in [9.17, 15) is 4.79 Å². The van der Waals surface area contributed by atoms with E-state index >= 15 is 0 Å². The maximum absolute atomic E-state index is 12.0. The van der Waals surface area contributed by atoms with Crippen LogP contribution in [0.1, 0.15) is 30.6 Å². The monoisotopic (exact) mass is 220 g/mol. The van der Waals surface area contributed by atoms with Gasteiger partial charge in [0.1, 0.15) is 0 Å². The Balaban J connectivity index is 2.67. The topological polar surface area (TPSA) is 46.3 Å². The number of amides is 1. The number of carbonyl (C=O) groups is 1. The molecule has 1 amide bonds. The summed E-state index contributed by atoms with van der Waals surface area (Å²) in [5, 5.41) is 0. The molecule has 0 saturated heterocycles. The zero-order valence-corrected chi connectivity index (χ0v) is 10.2. The van der Waals surface area contributed by atoms with E-state index in [1.165, 1.54) is 0 Å². The molecule has 0 aliphatic heterocycles. The number of rotatable bonds is 4. The van der Waals surface area contributed by atoms with Crippen LogP contribution in [0.4, 0.5) is 5.69 Å². The van der Waals surface area contributed by atoms with Gasteiger partial charge >= 0.3 is 0 Å². The number of para-hydroxylation sites is 1. The van der Waals surface area contributed by atoms with Crippen molar-refractivity contribution in [3.05, 3.63) is 29.8 Å². The molecule has 0 spiro atoms. The fraction of sp³-hybridized carbons (Fsp3) is 0.462. The van der Waals surface area contributed by atoms with Crippen molar-refractivity contribution < 1.29 is 4.79 Å². The molecule has 16 heavy (non-hydrogen) atoms. The lowest BCUT2D eigenvalue weighted by Gasteiger charge is -2.19. The Morgan fingerprint density at radius 1 is 1.38 bits per heavy atom. The predicted molar refractivity (Wildman–Crippen MR) is 67.3 cm³/mol. The molecule has 0 fully saturated rings. The fourth-order valence-electron chi connectivity index (χ4n) is 1.45. The Hall–Kier alpha value is -1.51. The van der Waals surface area contributed by atoms with Crippen molar-refractivity contribution in [2.24, 2.45) is 5.92 Å². The Morgan fingerprint density at radius 2 is 2.00 bits per heavy atom. The van der Waals surface area contributed by atoms with Gasteiger partial charge in [-0.15, -0.1) is 0 Å². The van der Waals surface area contributed by atoms with Gasteiger partial charge < -0.3 is 10.6 Å². The van der Waals surface area contributed by atoms with E-state index in [-0.39, 0.29) is 5.91 Å². The van der Waals surface area contributed by atoms with Gasteiger partial charge in [0.05, 0.1) is 5.56 Å². The minimum Gasteiger partial charge on any atom is -0.398 e. The van der Waals surface area contributed by atoms with Crippen LogP contribution >= 0.6 is 0 Å². The van der Waals surface area contributed by atoms with Crippen LogP contribution in [0.2, 0.25) is 0 Å². The molecular formula is C13H20N2O. The summed E-state index contributed by atoms with van der Waals surface area (Å²) in [6.07, 6.45) is 1.01. The van der Waals surface area contributed by atoms with E-state index < -0.39 is 0 Å². The number of nitrogens with two attached hydrogens (primary N) is 1. The number of anilines is 1. The molecule has 0 bridgehead atoms. The maximum atomic E-state index is 12.0. The highest BCUT2D eigenvalue weighted by Gasteiger charge is 2.13. The van der Waals surface area contributed by atoms with Crippen molar-refractivity contribution >= 4 is 11.6 Å². The zero-order valence-electron chi connectivity index (χ0n) is 10.2. The zero-order chi connectivity index (χ0) is 12.1. The molecule has 3 nitrogen and oxygen atoms in total. The molecule has 0 aromatic heterocycles. The van der Waals surface area contributed by atoms with Crippen molar-refractivity contribution in [2.45, 2.75) is 20.3 Å².